The van der Waals surface area contributed by atoms with E-state index in [1.807, 2.05) is 0 Å². The summed E-state index contributed by atoms with van der Waals surface area (Å²) >= 11 is 4.47. The molecule has 0 saturated heterocycles. The van der Waals surface area contributed by atoms with Crippen molar-refractivity contribution in [1.29, 1.82) is 0 Å². The average Bonchev–Trinajstić information content (AvgIpc) is 1.69. The van der Waals surface area contributed by atoms with Gasteiger partial charge in [0.15, 0.2) is 0 Å². The van der Waals surface area contributed by atoms with Crippen LogP contribution in [0.2, 0.25) is 0 Å². The van der Waals surface area contributed by atoms with Gasteiger partial charge in [-0.15, -0.1) is 0 Å². The normalized spacial score (nSPS) is 8.14. The summed E-state index contributed by atoms with van der Waals surface area (Å²) in [6.07, 6.45) is 1.12. The molecule has 0 aromatic heterocycles. The summed E-state index contributed by atoms with van der Waals surface area (Å²) in [4.78, 5) is 0. The number of hydrogen-bond acceptors (Lipinski definition) is 2. The van der Waals surface area contributed by atoms with Crippen LogP contribution in [0.15, 0.2) is 0 Å². The number of rotatable bonds is 4. The van der Waals surface area contributed by atoms with Crippen molar-refractivity contribution in [1.82, 2.24) is 10.9 Å². The molecular formula is C4H10N2S. The van der Waals surface area contributed by atoms with E-state index in [0.29, 0.717) is 0 Å². The molecule has 0 heterocycles. The van der Waals surface area contributed by atoms with Crippen molar-refractivity contribution in [3.63, 3.8) is 0 Å². The Hall–Kier alpha value is -0.150. The molecule has 3 heteroatoms. The molecule has 2 N–H and O–H groups in total. The van der Waals surface area contributed by atoms with E-state index < -0.39 is 0 Å². The molecule has 0 rings (SSSR count). The summed E-state index contributed by atoms with van der Waals surface area (Å²) in [6.45, 7) is 3.06. The molecule has 0 aliphatic heterocycles. The highest BCUT2D eigenvalue weighted by molar-refractivity contribution is 7.78. The fourth-order valence-corrected chi connectivity index (χ4v) is 0.322. The molecule has 0 aliphatic carbocycles. The van der Waals surface area contributed by atoms with Gasteiger partial charge in [0.1, 0.15) is 0 Å². The zero-order valence-electron chi connectivity index (χ0n) is 4.40. The highest BCUT2D eigenvalue weighted by atomic mass is 32.1. The highest BCUT2D eigenvalue weighted by Crippen LogP contribution is 1.63. The van der Waals surface area contributed by atoms with Gasteiger partial charge in [0.2, 0.25) is 0 Å². The van der Waals surface area contributed by atoms with Crippen molar-refractivity contribution in [2.75, 3.05) is 6.54 Å². The monoisotopic (exact) mass is 118 g/mol. The van der Waals surface area contributed by atoms with Crippen molar-refractivity contribution in [3.8, 4) is 0 Å². The van der Waals surface area contributed by atoms with E-state index in [9.17, 15) is 0 Å². The standard InChI is InChI=1S/C4H10N2S/c1-2-3-5-6-4-7/h4-5H,2-3H2,1H3,(H,6,7). The quantitative estimate of drug-likeness (QED) is 0.318. The van der Waals surface area contributed by atoms with Gasteiger partial charge in [-0.1, -0.05) is 19.1 Å². The van der Waals surface area contributed by atoms with Crippen molar-refractivity contribution in [2.24, 2.45) is 0 Å². The number of hydrogen-bond donors (Lipinski definition) is 2. The lowest BCUT2D eigenvalue weighted by Crippen LogP contribution is -2.29. The van der Waals surface area contributed by atoms with Crippen molar-refractivity contribution < 1.29 is 0 Å². The first-order valence-electron chi connectivity index (χ1n) is 2.34. The van der Waals surface area contributed by atoms with Crippen molar-refractivity contribution in [2.45, 2.75) is 13.3 Å². The van der Waals surface area contributed by atoms with Crippen LogP contribution in [0.5, 0.6) is 0 Å². The maximum absolute atomic E-state index is 4.47. The third-order valence-corrected chi connectivity index (χ3v) is 0.654. The SMILES string of the molecule is CCCNNC=S. The van der Waals surface area contributed by atoms with Gasteiger partial charge in [-0.05, 0) is 6.42 Å². The molecule has 0 unspecified atom stereocenters. The Balaban J connectivity index is 2.56. The molecule has 2 nitrogen and oxygen atoms in total. The summed E-state index contributed by atoms with van der Waals surface area (Å²) in [5.74, 6) is 0. The Morgan fingerprint density at radius 3 is 2.86 bits per heavy atom. The van der Waals surface area contributed by atoms with Crippen molar-refractivity contribution in [3.05, 3.63) is 0 Å². The molecular weight excluding hydrogens is 108 g/mol. The lowest BCUT2D eigenvalue weighted by atomic mass is 10.5. The van der Waals surface area contributed by atoms with E-state index in [0.717, 1.165) is 13.0 Å². The highest BCUT2D eigenvalue weighted by Gasteiger charge is 1.71. The minimum atomic E-state index is 0.965. The minimum Gasteiger partial charge on any atom is -0.318 e. The van der Waals surface area contributed by atoms with Gasteiger partial charge in [0.05, 0.1) is 5.49 Å². The van der Waals surface area contributed by atoms with Gasteiger partial charge in [0.25, 0.3) is 0 Å². The first-order valence-corrected chi connectivity index (χ1v) is 2.81. The van der Waals surface area contributed by atoms with Crippen molar-refractivity contribution >= 4 is 17.7 Å². The lowest BCUT2D eigenvalue weighted by Gasteiger charge is -1.96. The van der Waals surface area contributed by atoms with E-state index in [2.05, 4.69) is 30.0 Å². The summed E-state index contributed by atoms with van der Waals surface area (Å²) < 4.78 is 0. The lowest BCUT2D eigenvalue weighted by molar-refractivity contribution is 0.652. The predicted molar refractivity (Wildman–Crippen MR) is 35.1 cm³/mol. The average molecular weight is 118 g/mol. The molecule has 0 spiro atoms. The number of thiocarbonyl (C=S) groups is 1. The maximum Gasteiger partial charge on any atom is 0.0757 e. The Labute approximate surface area is 49.3 Å². The van der Waals surface area contributed by atoms with E-state index >= 15 is 0 Å². The third-order valence-electron chi connectivity index (χ3n) is 0.536. The second-order valence-electron chi connectivity index (χ2n) is 1.19. The van der Waals surface area contributed by atoms with Crippen LogP contribution in [-0.2, 0) is 0 Å². The molecule has 0 fully saturated rings. The molecule has 0 saturated carbocycles. The molecule has 0 atom stereocenters. The summed E-state index contributed by atoms with van der Waals surface area (Å²) in [6, 6.07) is 0. The minimum absolute atomic E-state index is 0.965. The third kappa shape index (κ3) is 5.85. The fraction of sp³-hybridized carbons (Fsp3) is 0.750. The zero-order chi connectivity index (χ0) is 5.54. The molecule has 42 valence electrons. The Kier molecular flexibility index (Phi) is 5.72. The Bertz CT molecular complexity index is 47.0. The molecule has 0 radical (unpaired) electrons. The second kappa shape index (κ2) is 5.85. The van der Waals surface area contributed by atoms with Gasteiger partial charge >= 0.3 is 0 Å². The molecule has 0 aliphatic rings. The van der Waals surface area contributed by atoms with E-state index in [1.54, 1.807) is 0 Å². The second-order valence-corrected chi connectivity index (χ2v) is 1.42. The Morgan fingerprint density at radius 2 is 2.43 bits per heavy atom. The van der Waals surface area contributed by atoms with Crippen LogP contribution in [-0.4, -0.2) is 12.0 Å². The first kappa shape index (κ1) is 6.85. The topological polar surface area (TPSA) is 24.1 Å². The zero-order valence-corrected chi connectivity index (χ0v) is 5.22. The van der Waals surface area contributed by atoms with Crippen LogP contribution in [0.1, 0.15) is 13.3 Å². The number of nitrogens with one attached hydrogen (secondary N) is 2. The van der Waals surface area contributed by atoms with Crippen LogP contribution in [0.4, 0.5) is 0 Å². The van der Waals surface area contributed by atoms with E-state index in [1.165, 1.54) is 5.49 Å². The number of hydrazine groups is 1. The molecule has 7 heavy (non-hydrogen) atoms. The molecule has 0 aromatic carbocycles. The van der Waals surface area contributed by atoms with E-state index in [-0.39, 0.29) is 0 Å². The van der Waals surface area contributed by atoms with E-state index in [4.69, 9.17) is 0 Å². The molecule has 0 bridgehead atoms. The van der Waals surface area contributed by atoms with Gasteiger partial charge < -0.3 is 5.43 Å². The van der Waals surface area contributed by atoms with Gasteiger partial charge in [0, 0.05) is 6.54 Å². The van der Waals surface area contributed by atoms with Crippen LogP contribution in [0.25, 0.3) is 0 Å². The van der Waals surface area contributed by atoms with Gasteiger partial charge in [-0.2, -0.15) is 0 Å². The largest absolute Gasteiger partial charge is 0.318 e. The van der Waals surface area contributed by atoms with Gasteiger partial charge in [-0.3, -0.25) is 0 Å². The fourth-order valence-electron chi connectivity index (χ4n) is 0.239. The van der Waals surface area contributed by atoms with Crippen LogP contribution < -0.4 is 10.9 Å². The molecule has 0 aromatic rings. The maximum atomic E-state index is 4.47. The van der Waals surface area contributed by atoms with Crippen LogP contribution in [0.3, 0.4) is 0 Å². The van der Waals surface area contributed by atoms with Crippen LogP contribution in [0, 0.1) is 0 Å². The first-order chi connectivity index (χ1) is 3.41. The summed E-state index contributed by atoms with van der Waals surface area (Å²) in [5.41, 5.74) is 7.02. The smallest absolute Gasteiger partial charge is 0.0757 e. The predicted octanol–water partition coefficient (Wildman–Crippen LogP) is 0.448. The molecule has 0 amide bonds. The van der Waals surface area contributed by atoms with Gasteiger partial charge in [-0.25, -0.2) is 5.43 Å². The Morgan fingerprint density at radius 1 is 1.71 bits per heavy atom. The summed E-state index contributed by atoms with van der Waals surface area (Å²) in [7, 11) is 0. The summed E-state index contributed by atoms with van der Waals surface area (Å²) in [5, 5.41) is 0. The van der Waals surface area contributed by atoms with Crippen LogP contribution >= 0.6 is 12.2 Å².